The fourth-order valence-electron chi connectivity index (χ4n) is 0.737. The van der Waals surface area contributed by atoms with Crippen LogP contribution >= 0.6 is 0 Å². The average molecular weight is 179 g/mol. The summed E-state index contributed by atoms with van der Waals surface area (Å²) in [7, 11) is 1.66. The van der Waals surface area contributed by atoms with Crippen LogP contribution in [0.1, 0.15) is 17.5 Å². The molecule has 1 atom stereocenters. The first kappa shape index (κ1) is 9.19. The Hall–Kier alpha value is -1.90. The molecule has 0 spiro atoms. The van der Waals surface area contributed by atoms with Crippen molar-refractivity contribution >= 4 is 5.91 Å². The maximum atomic E-state index is 11.2. The fraction of sp³-hybridized carbons (Fsp3) is 0.429. The third-order valence-electron chi connectivity index (χ3n) is 1.34. The van der Waals surface area contributed by atoms with Crippen LogP contribution in [-0.4, -0.2) is 26.7 Å². The highest BCUT2D eigenvalue weighted by molar-refractivity contribution is 5.90. The van der Waals surface area contributed by atoms with Crippen molar-refractivity contribution in [3.8, 4) is 6.07 Å². The number of nitrogens with zero attached hydrogens (tertiary/aromatic N) is 4. The minimum absolute atomic E-state index is 0.0737. The van der Waals surface area contributed by atoms with Crippen molar-refractivity contribution in [1.29, 1.82) is 5.26 Å². The van der Waals surface area contributed by atoms with E-state index in [1.807, 2.05) is 6.07 Å². The molecule has 1 aromatic rings. The van der Waals surface area contributed by atoms with Gasteiger partial charge in [0.1, 0.15) is 12.4 Å². The monoisotopic (exact) mass is 179 g/mol. The van der Waals surface area contributed by atoms with Gasteiger partial charge in [-0.2, -0.15) is 5.26 Å². The molecule has 0 fully saturated rings. The van der Waals surface area contributed by atoms with Gasteiger partial charge < -0.3 is 5.32 Å². The molecule has 6 nitrogen and oxygen atoms in total. The molecule has 1 aromatic heterocycles. The summed E-state index contributed by atoms with van der Waals surface area (Å²) in [5.74, 6) is -0.362. The van der Waals surface area contributed by atoms with Crippen LogP contribution in [0.3, 0.4) is 0 Å². The molecule has 13 heavy (non-hydrogen) atoms. The van der Waals surface area contributed by atoms with Crippen molar-refractivity contribution in [2.45, 2.75) is 13.0 Å². The van der Waals surface area contributed by atoms with Gasteiger partial charge in [0.15, 0.2) is 0 Å². The molecular formula is C7H9N5O. The zero-order chi connectivity index (χ0) is 9.84. The second kappa shape index (κ2) is 3.67. The predicted molar refractivity (Wildman–Crippen MR) is 43.5 cm³/mol. The second-order valence-corrected chi connectivity index (χ2v) is 2.57. The summed E-state index contributed by atoms with van der Waals surface area (Å²) in [5.41, 5.74) is 0. The van der Waals surface area contributed by atoms with Gasteiger partial charge in [-0.15, -0.1) is 5.10 Å². The predicted octanol–water partition coefficient (Wildman–Crippen LogP) is -0.543. The Morgan fingerprint density at radius 1 is 1.85 bits per heavy atom. The average Bonchev–Trinajstić information content (AvgIpc) is 2.51. The number of hydrogen-bond donors (Lipinski definition) is 1. The van der Waals surface area contributed by atoms with Crippen LogP contribution in [0.25, 0.3) is 0 Å². The molecule has 0 radical (unpaired) electrons. The smallest absolute Gasteiger partial charge is 0.291 e. The number of carbonyl (C=O) groups excluding carboxylic acids is 1. The van der Waals surface area contributed by atoms with Gasteiger partial charge in [-0.25, -0.2) is 4.98 Å². The van der Waals surface area contributed by atoms with Crippen molar-refractivity contribution in [2.75, 3.05) is 0 Å². The molecule has 1 amide bonds. The quantitative estimate of drug-likeness (QED) is 0.660. The van der Waals surface area contributed by atoms with Crippen molar-refractivity contribution in [3.63, 3.8) is 0 Å². The number of aryl methyl sites for hydroxylation is 1. The van der Waals surface area contributed by atoms with E-state index in [0.29, 0.717) is 0 Å². The molecule has 0 bridgehead atoms. The van der Waals surface area contributed by atoms with E-state index < -0.39 is 11.9 Å². The van der Waals surface area contributed by atoms with Crippen molar-refractivity contribution in [1.82, 2.24) is 20.1 Å². The van der Waals surface area contributed by atoms with E-state index >= 15 is 0 Å². The van der Waals surface area contributed by atoms with Gasteiger partial charge in [0, 0.05) is 7.05 Å². The van der Waals surface area contributed by atoms with Crippen LogP contribution in [0.5, 0.6) is 0 Å². The molecule has 68 valence electrons. The minimum Gasteiger partial charge on any atom is -0.334 e. The summed E-state index contributed by atoms with van der Waals surface area (Å²) < 4.78 is 1.42. The number of nitrogens with one attached hydrogen (secondary N) is 1. The highest BCUT2D eigenvalue weighted by atomic mass is 16.2. The molecule has 0 aromatic carbocycles. The van der Waals surface area contributed by atoms with E-state index in [9.17, 15) is 4.79 Å². The first-order chi connectivity index (χ1) is 6.13. The standard InChI is InChI=1S/C7H9N5O/c1-5(3-8)10-7(13)6-9-4-12(2)11-6/h4-5H,1-2H3,(H,10,13)/t5-/m1/s1. The minimum atomic E-state index is -0.531. The number of rotatable bonds is 2. The molecular weight excluding hydrogens is 170 g/mol. The van der Waals surface area contributed by atoms with Crippen molar-refractivity contribution < 1.29 is 4.79 Å². The Bertz CT molecular complexity index is 350. The van der Waals surface area contributed by atoms with E-state index in [4.69, 9.17) is 5.26 Å². The molecule has 0 saturated carbocycles. The van der Waals surface area contributed by atoms with Gasteiger partial charge >= 0.3 is 0 Å². The van der Waals surface area contributed by atoms with Gasteiger partial charge in [-0.05, 0) is 6.92 Å². The molecule has 1 heterocycles. The topological polar surface area (TPSA) is 83.6 Å². The van der Waals surface area contributed by atoms with E-state index in [1.165, 1.54) is 11.0 Å². The Labute approximate surface area is 75.2 Å². The summed E-state index contributed by atoms with van der Waals surface area (Å²) in [6.45, 7) is 1.58. The Morgan fingerprint density at radius 3 is 3.00 bits per heavy atom. The number of nitriles is 1. The van der Waals surface area contributed by atoms with Gasteiger partial charge in [-0.1, -0.05) is 0 Å². The van der Waals surface area contributed by atoms with E-state index in [0.717, 1.165) is 0 Å². The van der Waals surface area contributed by atoms with Crippen LogP contribution in [0.15, 0.2) is 6.33 Å². The van der Waals surface area contributed by atoms with Crippen LogP contribution in [0.2, 0.25) is 0 Å². The van der Waals surface area contributed by atoms with E-state index in [-0.39, 0.29) is 5.82 Å². The molecule has 0 saturated heterocycles. The zero-order valence-electron chi connectivity index (χ0n) is 7.35. The lowest BCUT2D eigenvalue weighted by molar-refractivity contribution is 0.0937. The second-order valence-electron chi connectivity index (χ2n) is 2.57. The Kier molecular flexibility index (Phi) is 2.59. The van der Waals surface area contributed by atoms with Crippen LogP contribution < -0.4 is 5.32 Å². The SMILES string of the molecule is C[C@H](C#N)NC(=O)c1ncn(C)n1. The third-order valence-corrected chi connectivity index (χ3v) is 1.34. The lowest BCUT2D eigenvalue weighted by Gasteiger charge is -2.01. The molecule has 6 heteroatoms. The maximum absolute atomic E-state index is 11.2. The number of carbonyl (C=O) groups is 1. The summed E-state index contributed by atoms with van der Waals surface area (Å²) in [6, 6.07) is 1.35. The van der Waals surface area contributed by atoms with E-state index in [1.54, 1.807) is 14.0 Å². The third kappa shape index (κ3) is 2.27. The molecule has 0 unspecified atom stereocenters. The molecule has 0 aliphatic heterocycles. The first-order valence-corrected chi connectivity index (χ1v) is 3.69. The molecule has 1 N–H and O–H groups in total. The number of amides is 1. The van der Waals surface area contributed by atoms with Crippen LogP contribution in [0.4, 0.5) is 0 Å². The lowest BCUT2D eigenvalue weighted by Crippen LogP contribution is -2.32. The summed E-state index contributed by atoms with van der Waals surface area (Å²) in [4.78, 5) is 15.0. The summed E-state index contributed by atoms with van der Waals surface area (Å²) >= 11 is 0. The van der Waals surface area contributed by atoms with Gasteiger partial charge in [0.2, 0.25) is 5.82 Å². The fourth-order valence-corrected chi connectivity index (χ4v) is 0.737. The van der Waals surface area contributed by atoms with Crippen molar-refractivity contribution in [2.24, 2.45) is 7.05 Å². The first-order valence-electron chi connectivity index (χ1n) is 3.69. The normalized spacial score (nSPS) is 11.8. The zero-order valence-corrected chi connectivity index (χ0v) is 7.35. The Balaban J connectivity index is 2.65. The number of aromatic nitrogens is 3. The van der Waals surface area contributed by atoms with Crippen molar-refractivity contribution in [3.05, 3.63) is 12.2 Å². The van der Waals surface area contributed by atoms with Crippen LogP contribution in [0, 0.1) is 11.3 Å². The highest BCUT2D eigenvalue weighted by Crippen LogP contribution is 1.89. The Morgan fingerprint density at radius 2 is 2.54 bits per heavy atom. The summed E-state index contributed by atoms with van der Waals surface area (Å²) in [5, 5.41) is 14.6. The lowest BCUT2D eigenvalue weighted by atomic mass is 10.4. The van der Waals surface area contributed by atoms with Gasteiger partial charge in [0.25, 0.3) is 5.91 Å². The highest BCUT2D eigenvalue weighted by Gasteiger charge is 2.12. The molecule has 0 aliphatic carbocycles. The molecule has 1 rings (SSSR count). The maximum Gasteiger partial charge on any atom is 0.291 e. The number of hydrogen-bond acceptors (Lipinski definition) is 4. The van der Waals surface area contributed by atoms with Gasteiger partial charge in [-0.3, -0.25) is 9.48 Å². The van der Waals surface area contributed by atoms with Gasteiger partial charge in [0.05, 0.1) is 6.07 Å². The van der Waals surface area contributed by atoms with E-state index in [2.05, 4.69) is 15.4 Å². The molecule has 0 aliphatic rings. The largest absolute Gasteiger partial charge is 0.334 e. The van der Waals surface area contributed by atoms with Crippen LogP contribution in [-0.2, 0) is 7.05 Å². The summed E-state index contributed by atoms with van der Waals surface area (Å²) in [6.07, 6.45) is 1.42.